The first-order chi connectivity index (χ1) is 21.3. The fraction of sp³-hybridized carbons (Fsp3) is 0.414. The number of nitrogens with zero attached hydrogens (tertiary/aromatic N) is 2. The van der Waals surface area contributed by atoms with E-state index in [4.69, 9.17) is 9.47 Å². The summed E-state index contributed by atoms with van der Waals surface area (Å²) in [6.45, 7) is 0.975. The van der Waals surface area contributed by atoms with Crippen molar-refractivity contribution >= 4 is 35.8 Å². The first-order valence-corrected chi connectivity index (χ1v) is 14.0. The molecule has 0 saturated carbocycles. The van der Waals surface area contributed by atoms with Gasteiger partial charge in [0.1, 0.15) is 5.92 Å². The zero-order valence-corrected chi connectivity index (χ0v) is 24.3. The number of para-hydroxylation sites is 1. The van der Waals surface area contributed by atoms with E-state index in [1.54, 1.807) is 0 Å². The van der Waals surface area contributed by atoms with Crippen molar-refractivity contribution in [2.24, 2.45) is 10.9 Å². The Kier molecular flexibility index (Phi) is 11.3. The number of esters is 1. The monoisotopic (exact) mass is 615 g/mol. The molecule has 4 atom stereocenters. The fourth-order valence-electron chi connectivity index (χ4n) is 5.50. The summed E-state index contributed by atoms with van der Waals surface area (Å²) in [6.07, 6.45) is 2.11. The van der Waals surface area contributed by atoms with Gasteiger partial charge in [0.25, 0.3) is 0 Å². The number of nitrogens with one attached hydrogen (secondary N) is 5. The van der Waals surface area contributed by atoms with Gasteiger partial charge in [-0.3, -0.25) is 20.4 Å². The van der Waals surface area contributed by atoms with E-state index in [1.807, 2.05) is 24.3 Å². The van der Waals surface area contributed by atoms with Crippen LogP contribution >= 0.6 is 0 Å². The molecule has 4 rings (SSSR count). The van der Waals surface area contributed by atoms with Crippen molar-refractivity contribution in [3.8, 4) is 0 Å². The van der Waals surface area contributed by atoms with E-state index in [9.17, 15) is 28.0 Å². The van der Waals surface area contributed by atoms with Crippen molar-refractivity contribution in [3.63, 3.8) is 0 Å². The molecule has 0 spiro atoms. The van der Waals surface area contributed by atoms with Crippen LogP contribution in [0.5, 0.6) is 0 Å². The smallest absolute Gasteiger partial charge is 0.352 e. The second-order valence-electron chi connectivity index (χ2n) is 10.2. The number of urea groups is 2. The number of anilines is 1. The number of carbonyl (C=O) groups is 4. The number of piperidine rings is 1. The molecule has 44 heavy (non-hydrogen) atoms. The Balaban J connectivity index is 1.44. The van der Waals surface area contributed by atoms with Crippen LogP contribution in [0.2, 0.25) is 0 Å². The van der Waals surface area contributed by atoms with E-state index < -0.39 is 41.6 Å². The number of benzene rings is 2. The Bertz CT molecular complexity index is 1390. The highest BCUT2D eigenvalue weighted by Crippen LogP contribution is 2.36. The molecule has 2 aromatic rings. The summed E-state index contributed by atoms with van der Waals surface area (Å²) in [7, 11) is 2.47. The van der Waals surface area contributed by atoms with E-state index in [0.29, 0.717) is 17.9 Å². The average molecular weight is 616 g/mol. The third-order valence-electron chi connectivity index (χ3n) is 7.49. The minimum absolute atomic E-state index is 0.00305. The molecule has 0 aliphatic carbocycles. The SMILES string of the molecule is COCC1=NC(=O)N(C(=O)NCCNC2CCNC(c3ccccc3NNC=O)C2)C(c2ccc(F)c(F)c2)C1C(=O)OC. The predicted octanol–water partition coefficient (Wildman–Crippen LogP) is 2.18. The maximum atomic E-state index is 14.3. The third kappa shape index (κ3) is 7.53. The average Bonchev–Trinajstić information content (AvgIpc) is 3.03. The number of hydrogen-bond donors (Lipinski definition) is 5. The molecule has 0 aromatic heterocycles. The van der Waals surface area contributed by atoms with Crippen molar-refractivity contribution in [1.82, 2.24) is 26.3 Å². The van der Waals surface area contributed by atoms with Crippen LogP contribution in [0.3, 0.4) is 0 Å². The molecule has 0 bridgehead atoms. The van der Waals surface area contributed by atoms with Crippen LogP contribution in [0.15, 0.2) is 47.5 Å². The minimum atomic E-state index is -1.37. The maximum absolute atomic E-state index is 14.3. The lowest BCUT2D eigenvalue weighted by Gasteiger charge is -2.37. The third-order valence-corrected chi connectivity index (χ3v) is 7.49. The Labute approximate surface area is 252 Å². The summed E-state index contributed by atoms with van der Waals surface area (Å²) in [5.74, 6) is -4.48. The maximum Gasteiger partial charge on any atom is 0.352 e. The lowest BCUT2D eigenvalue weighted by Crippen LogP contribution is -2.54. The molecule has 1 saturated heterocycles. The number of methoxy groups -OCH3 is 2. The van der Waals surface area contributed by atoms with Gasteiger partial charge in [0.05, 0.1) is 31.2 Å². The number of aliphatic imine (C=N–C) groups is 1. The van der Waals surface area contributed by atoms with Crippen molar-refractivity contribution in [2.75, 3.05) is 45.9 Å². The van der Waals surface area contributed by atoms with E-state index in [0.717, 1.165) is 49.9 Å². The molecule has 2 aromatic carbocycles. The molecular weight excluding hydrogens is 580 g/mol. The second-order valence-corrected chi connectivity index (χ2v) is 10.2. The summed E-state index contributed by atoms with van der Waals surface area (Å²) in [4.78, 5) is 54.7. The van der Waals surface area contributed by atoms with Crippen molar-refractivity contribution < 1.29 is 37.4 Å². The van der Waals surface area contributed by atoms with Crippen LogP contribution in [-0.4, -0.2) is 81.6 Å². The van der Waals surface area contributed by atoms with Crippen LogP contribution in [0.25, 0.3) is 0 Å². The number of ether oxygens (including phenoxy) is 2. The van der Waals surface area contributed by atoms with Gasteiger partial charge < -0.3 is 25.4 Å². The van der Waals surface area contributed by atoms with Crippen LogP contribution in [-0.2, 0) is 19.1 Å². The molecule has 1 fully saturated rings. The Hall–Kier alpha value is -4.47. The van der Waals surface area contributed by atoms with Crippen LogP contribution in [0, 0.1) is 17.6 Å². The summed E-state index contributed by atoms with van der Waals surface area (Å²) in [5.41, 5.74) is 7.09. The molecule has 15 heteroatoms. The molecule has 13 nitrogen and oxygen atoms in total. The van der Waals surface area contributed by atoms with Gasteiger partial charge in [-0.15, -0.1) is 0 Å². The molecule has 0 radical (unpaired) electrons. The Morgan fingerprint density at radius 1 is 1.14 bits per heavy atom. The van der Waals surface area contributed by atoms with Gasteiger partial charge in [0.2, 0.25) is 6.41 Å². The summed E-state index contributed by atoms with van der Waals surface area (Å²) < 4.78 is 38.1. The number of imide groups is 1. The Morgan fingerprint density at radius 3 is 2.66 bits per heavy atom. The molecule has 2 heterocycles. The Morgan fingerprint density at radius 2 is 1.93 bits per heavy atom. The number of rotatable bonds is 12. The summed E-state index contributed by atoms with van der Waals surface area (Å²) >= 11 is 0. The van der Waals surface area contributed by atoms with Gasteiger partial charge in [-0.1, -0.05) is 24.3 Å². The quantitative estimate of drug-likeness (QED) is 0.104. The standard InChI is InChI=1S/C29H35F2N7O6/c1-43-15-24-25(27(40)44-2)26(17-7-8-20(30)21(31)13-17)38(29(42)36-24)28(41)34-12-11-32-18-9-10-33-23(14-18)19-5-3-4-6-22(19)37-35-16-39/h3-8,13,16,18,23,25-26,32-33,37H,9-12,14-15H2,1-2H3,(H,34,41)(H,35,39). The van der Waals surface area contributed by atoms with E-state index in [-0.39, 0.29) is 36.5 Å². The summed E-state index contributed by atoms with van der Waals surface area (Å²) in [5, 5.41) is 9.55. The van der Waals surface area contributed by atoms with Crippen molar-refractivity contribution in [1.29, 1.82) is 0 Å². The number of carbonyl (C=O) groups excluding carboxylic acids is 4. The van der Waals surface area contributed by atoms with Gasteiger partial charge >= 0.3 is 18.0 Å². The number of amides is 5. The lowest BCUT2D eigenvalue weighted by molar-refractivity contribution is -0.144. The summed E-state index contributed by atoms with van der Waals surface area (Å²) in [6, 6.07) is 7.36. The topological polar surface area (TPSA) is 162 Å². The molecule has 4 unspecified atom stereocenters. The molecule has 2 aliphatic heterocycles. The number of halogens is 2. The first-order valence-electron chi connectivity index (χ1n) is 14.0. The van der Waals surface area contributed by atoms with E-state index in [1.165, 1.54) is 13.2 Å². The van der Waals surface area contributed by atoms with Gasteiger partial charge in [-0.2, -0.15) is 4.99 Å². The van der Waals surface area contributed by atoms with Crippen LogP contribution in [0.1, 0.15) is 36.1 Å². The number of hydrogen-bond acceptors (Lipinski definition) is 9. The molecule has 5 amide bonds. The predicted molar refractivity (Wildman–Crippen MR) is 156 cm³/mol. The van der Waals surface area contributed by atoms with E-state index >= 15 is 0 Å². The molecular formula is C29H35F2N7O6. The highest BCUT2D eigenvalue weighted by molar-refractivity contribution is 6.12. The normalized spacial score (nSPS) is 21.7. The number of hydrazine groups is 1. The highest BCUT2D eigenvalue weighted by Gasteiger charge is 2.47. The lowest BCUT2D eigenvalue weighted by atomic mass is 9.86. The molecule has 2 aliphatic rings. The van der Waals surface area contributed by atoms with Gasteiger partial charge in [-0.05, 0) is 48.7 Å². The fourth-order valence-corrected chi connectivity index (χ4v) is 5.50. The van der Waals surface area contributed by atoms with Gasteiger partial charge in [0.15, 0.2) is 11.6 Å². The van der Waals surface area contributed by atoms with E-state index in [2.05, 4.69) is 31.8 Å². The van der Waals surface area contributed by atoms with Gasteiger partial charge in [-0.25, -0.2) is 23.3 Å². The van der Waals surface area contributed by atoms with Crippen molar-refractivity contribution in [2.45, 2.75) is 31.0 Å². The van der Waals surface area contributed by atoms with Gasteiger partial charge in [0, 0.05) is 32.3 Å². The van der Waals surface area contributed by atoms with Crippen LogP contribution < -0.4 is 26.8 Å². The minimum Gasteiger partial charge on any atom is -0.468 e. The highest BCUT2D eigenvalue weighted by atomic mass is 19.2. The first kappa shape index (κ1) is 32.4. The zero-order valence-electron chi connectivity index (χ0n) is 24.3. The molecule has 236 valence electrons. The second kappa shape index (κ2) is 15.3. The largest absolute Gasteiger partial charge is 0.468 e. The van der Waals surface area contributed by atoms with Crippen molar-refractivity contribution in [3.05, 3.63) is 65.2 Å². The molecule has 5 N–H and O–H groups in total. The van der Waals surface area contributed by atoms with Crippen LogP contribution in [0.4, 0.5) is 24.1 Å². The zero-order chi connectivity index (χ0) is 31.6.